The second-order valence-electron chi connectivity index (χ2n) is 7.58. The van der Waals surface area contributed by atoms with Crippen LogP contribution >= 0.6 is 23.2 Å². The lowest BCUT2D eigenvalue weighted by atomic mass is 10.1. The number of hydrogen-bond donors (Lipinski definition) is 1. The van der Waals surface area contributed by atoms with Crippen molar-refractivity contribution in [3.8, 4) is 5.88 Å². The predicted molar refractivity (Wildman–Crippen MR) is 118 cm³/mol. The molecule has 1 aliphatic heterocycles. The van der Waals surface area contributed by atoms with Gasteiger partial charge in [0.25, 0.3) is 0 Å². The molecule has 158 valence electrons. The van der Waals surface area contributed by atoms with Crippen molar-refractivity contribution in [2.24, 2.45) is 5.92 Å². The largest absolute Gasteiger partial charge is 0.481 e. The van der Waals surface area contributed by atoms with Crippen LogP contribution in [0.15, 0.2) is 42.5 Å². The Bertz CT molecular complexity index is 1040. The molecule has 0 bridgehead atoms. The standard InChI is InChI=1S/C22H23Cl2N3O3/c23-17-4-2-15(3-5-17)13-27-20-7-6-18(24)12-19(20)21(25-27)30-11-1-9-26-10-8-16(14-26)22(28)29/h2-7,12,16H,1,8-11,13-14H2,(H,28,29). The lowest BCUT2D eigenvalue weighted by molar-refractivity contribution is -0.141. The van der Waals surface area contributed by atoms with Crippen molar-refractivity contribution in [1.29, 1.82) is 0 Å². The van der Waals surface area contributed by atoms with Gasteiger partial charge >= 0.3 is 5.97 Å². The quantitative estimate of drug-likeness (QED) is 0.512. The summed E-state index contributed by atoms with van der Waals surface area (Å²) in [6, 6.07) is 13.4. The molecule has 0 spiro atoms. The maximum absolute atomic E-state index is 11.1. The molecule has 1 saturated heterocycles. The molecule has 3 aromatic rings. The van der Waals surface area contributed by atoms with Gasteiger partial charge in [0.1, 0.15) is 0 Å². The van der Waals surface area contributed by atoms with E-state index in [2.05, 4.69) is 10.00 Å². The smallest absolute Gasteiger partial charge is 0.307 e. The number of rotatable bonds is 8. The molecule has 2 heterocycles. The lowest BCUT2D eigenvalue weighted by Crippen LogP contribution is -2.25. The van der Waals surface area contributed by atoms with Crippen LogP contribution in [0.2, 0.25) is 10.0 Å². The molecule has 0 amide bonds. The number of carboxylic acid groups (broad SMARTS) is 1. The normalized spacial score (nSPS) is 16.9. The van der Waals surface area contributed by atoms with Gasteiger partial charge < -0.3 is 14.7 Å². The van der Waals surface area contributed by atoms with E-state index in [9.17, 15) is 4.79 Å². The van der Waals surface area contributed by atoms with Gasteiger partial charge in [0.15, 0.2) is 0 Å². The molecule has 1 atom stereocenters. The fraction of sp³-hybridized carbons (Fsp3) is 0.364. The molecule has 1 N–H and O–H groups in total. The number of hydrogen-bond acceptors (Lipinski definition) is 4. The van der Waals surface area contributed by atoms with E-state index in [0.717, 1.165) is 36.0 Å². The van der Waals surface area contributed by atoms with Crippen LogP contribution in [0.1, 0.15) is 18.4 Å². The Morgan fingerprint density at radius 3 is 2.67 bits per heavy atom. The first-order valence-corrected chi connectivity index (χ1v) is 10.7. The van der Waals surface area contributed by atoms with Crippen molar-refractivity contribution in [3.05, 3.63) is 58.1 Å². The third-order valence-electron chi connectivity index (χ3n) is 5.40. The van der Waals surface area contributed by atoms with Gasteiger partial charge in [0.2, 0.25) is 5.88 Å². The van der Waals surface area contributed by atoms with Gasteiger partial charge in [-0.1, -0.05) is 35.3 Å². The Balaban J connectivity index is 1.41. The van der Waals surface area contributed by atoms with Gasteiger partial charge in [-0.3, -0.25) is 9.48 Å². The van der Waals surface area contributed by atoms with Crippen LogP contribution < -0.4 is 4.74 Å². The second-order valence-corrected chi connectivity index (χ2v) is 8.45. The second kappa shape index (κ2) is 9.25. The number of benzene rings is 2. The van der Waals surface area contributed by atoms with Crippen molar-refractivity contribution >= 4 is 40.1 Å². The number of fused-ring (bicyclic) bond motifs is 1. The Morgan fingerprint density at radius 2 is 1.93 bits per heavy atom. The third kappa shape index (κ3) is 4.89. The number of ether oxygens (including phenoxy) is 1. The van der Waals surface area contributed by atoms with Crippen LogP contribution in [0.25, 0.3) is 10.9 Å². The molecule has 8 heteroatoms. The Morgan fingerprint density at radius 1 is 1.17 bits per heavy atom. The van der Waals surface area contributed by atoms with Gasteiger partial charge in [-0.05, 0) is 55.3 Å². The van der Waals surface area contributed by atoms with E-state index in [1.165, 1.54) is 0 Å². The molecular weight excluding hydrogens is 425 g/mol. The maximum Gasteiger partial charge on any atom is 0.307 e. The summed E-state index contributed by atoms with van der Waals surface area (Å²) in [5.41, 5.74) is 2.04. The van der Waals surface area contributed by atoms with Gasteiger partial charge in [0.05, 0.1) is 30.0 Å². The van der Waals surface area contributed by atoms with Crippen molar-refractivity contribution in [2.75, 3.05) is 26.2 Å². The van der Waals surface area contributed by atoms with Crippen molar-refractivity contribution < 1.29 is 14.6 Å². The average Bonchev–Trinajstić information content (AvgIpc) is 3.32. The van der Waals surface area contributed by atoms with Gasteiger partial charge in [0, 0.05) is 23.1 Å². The van der Waals surface area contributed by atoms with Gasteiger partial charge in [-0.2, -0.15) is 0 Å². The Labute approximate surface area is 184 Å². The SMILES string of the molecule is O=C(O)C1CCN(CCCOc2nn(Cc3ccc(Cl)cc3)c3ccc(Cl)cc23)C1. The van der Waals surface area contributed by atoms with Crippen LogP contribution in [-0.2, 0) is 11.3 Å². The van der Waals surface area contributed by atoms with E-state index in [4.69, 9.17) is 33.0 Å². The minimum absolute atomic E-state index is 0.249. The molecule has 1 aromatic heterocycles. The highest BCUT2D eigenvalue weighted by Gasteiger charge is 2.27. The number of carboxylic acids is 1. The summed E-state index contributed by atoms with van der Waals surface area (Å²) in [7, 11) is 0. The molecule has 0 radical (unpaired) electrons. The van der Waals surface area contributed by atoms with Crippen LogP contribution in [-0.4, -0.2) is 52.0 Å². The zero-order valence-corrected chi connectivity index (χ0v) is 17.9. The molecule has 0 aliphatic carbocycles. The number of aliphatic carboxylic acids is 1. The van der Waals surface area contributed by atoms with E-state index in [1.807, 2.05) is 47.1 Å². The van der Waals surface area contributed by atoms with Crippen LogP contribution in [0.3, 0.4) is 0 Å². The van der Waals surface area contributed by atoms with Crippen LogP contribution in [0.4, 0.5) is 0 Å². The van der Waals surface area contributed by atoms with Crippen molar-refractivity contribution in [3.63, 3.8) is 0 Å². The lowest BCUT2D eigenvalue weighted by Gasteiger charge is -2.14. The summed E-state index contributed by atoms with van der Waals surface area (Å²) in [6.45, 7) is 3.36. The minimum Gasteiger partial charge on any atom is -0.481 e. The van der Waals surface area contributed by atoms with E-state index in [-0.39, 0.29) is 5.92 Å². The summed E-state index contributed by atoms with van der Waals surface area (Å²) in [5, 5.41) is 16.0. The summed E-state index contributed by atoms with van der Waals surface area (Å²) in [6.07, 6.45) is 1.52. The molecule has 30 heavy (non-hydrogen) atoms. The highest BCUT2D eigenvalue weighted by atomic mass is 35.5. The van der Waals surface area contributed by atoms with E-state index >= 15 is 0 Å². The Hall–Kier alpha value is -2.28. The zero-order chi connectivity index (χ0) is 21.1. The molecule has 2 aromatic carbocycles. The highest BCUT2D eigenvalue weighted by Crippen LogP contribution is 2.29. The van der Waals surface area contributed by atoms with Crippen LogP contribution in [0.5, 0.6) is 5.88 Å². The van der Waals surface area contributed by atoms with Gasteiger partial charge in [-0.15, -0.1) is 5.10 Å². The molecule has 6 nitrogen and oxygen atoms in total. The molecule has 1 aliphatic rings. The predicted octanol–water partition coefficient (Wildman–Crippen LogP) is 4.57. The summed E-state index contributed by atoms with van der Waals surface area (Å²) in [4.78, 5) is 13.3. The van der Waals surface area contributed by atoms with E-state index < -0.39 is 5.97 Å². The fourth-order valence-corrected chi connectivity index (χ4v) is 4.10. The molecule has 0 saturated carbocycles. The molecule has 1 fully saturated rings. The summed E-state index contributed by atoms with van der Waals surface area (Å²) in [5.74, 6) is -0.393. The maximum atomic E-state index is 11.1. The first kappa shape index (κ1) is 21.0. The first-order chi connectivity index (χ1) is 14.5. The van der Waals surface area contributed by atoms with E-state index in [0.29, 0.717) is 42.0 Å². The molecule has 1 unspecified atom stereocenters. The zero-order valence-electron chi connectivity index (χ0n) is 16.4. The summed E-state index contributed by atoms with van der Waals surface area (Å²) >= 11 is 12.2. The fourth-order valence-electron chi connectivity index (χ4n) is 3.81. The van der Waals surface area contributed by atoms with Crippen LogP contribution in [0, 0.1) is 5.92 Å². The number of likely N-dealkylation sites (tertiary alicyclic amines) is 1. The van der Waals surface area contributed by atoms with Crippen molar-refractivity contribution in [2.45, 2.75) is 19.4 Å². The molecular formula is C22H23Cl2N3O3. The number of nitrogens with zero attached hydrogens (tertiary/aromatic N) is 3. The number of aromatic nitrogens is 2. The molecule has 4 rings (SSSR count). The third-order valence-corrected chi connectivity index (χ3v) is 5.89. The summed E-state index contributed by atoms with van der Waals surface area (Å²) < 4.78 is 7.90. The monoisotopic (exact) mass is 447 g/mol. The topological polar surface area (TPSA) is 67.6 Å². The highest BCUT2D eigenvalue weighted by molar-refractivity contribution is 6.31. The minimum atomic E-state index is -0.705. The Kier molecular flexibility index (Phi) is 6.46. The first-order valence-electron chi connectivity index (χ1n) is 9.98. The number of carbonyl (C=O) groups is 1. The average molecular weight is 448 g/mol. The van der Waals surface area contributed by atoms with Gasteiger partial charge in [-0.25, -0.2) is 0 Å². The van der Waals surface area contributed by atoms with E-state index in [1.54, 1.807) is 0 Å². The number of halogens is 2. The van der Waals surface area contributed by atoms with Crippen molar-refractivity contribution in [1.82, 2.24) is 14.7 Å².